The zero-order valence-corrected chi connectivity index (χ0v) is 25.2. The fourth-order valence-corrected chi connectivity index (χ4v) is 5.07. The van der Waals surface area contributed by atoms with Gasteiger partial charge >= 0.3 is 5.97 Å². The summed E-state index contributed by atoms with van der Waals surface area (Å²) in [6.45, 7) is 11.1. The van der Waals surface area contributed by atoms with Crippen LogP contribution in [-0.4, -0.2) is 41.0 Å². The number of H-pyrrole nitrogens is 1. The summed E-state index contributed by atoms with van der Waals surface area (Å²) < 4.78 is 5.38. The fraction of sp³-hybridized carbons (Fsp3) is 0.265. The molecule has 0 saturated carbocycles. The van der Waals surface area contributed by atoms with E-state index in [4.69, 9.17) is 9.73 Å². The number of Topliss-reactive ketones (excluding diaryl/α,β-unsaturated/α-hetero) is 1. The molecule has 0 spiro atoms. The zero-order valence-electron chi connectivity index (χ0n) is 25.2. The number of nitrogens with zero attached hydrogens (tertiary/aromatic N) is 1. The highest BCUT2D eigenvalue weighted by atomic mass is 16.5. The zero-order chi connectivity index (χ0) is 31.3. The van der Waals surface area contributed by atoms with Gasteiger partial charge in [0.1, 0.15) is 17.2 Å². The van der Waals surface area contributed by atoms with Crippen LogP contribution < -0.4 is 10.6 Å². The summed E-state index contributed by atoms with van der Waals surface area (Å²) >= 11 is 0. The molecule has 3 N–H and O–H groups in total. The normalized spacial score (nSPS) is 13.9. The van der Waals surface area contributed by atoms with Crippen LogP contribution in [0.2, 0.25) is 0 Å². The molecule has 0 saturated heterocycles. The molecular weight excluding hydrogens is 544 g/mol. The third-order valence-corrected chi connectivity index (χ3v) is 6.89. The van der Waals surface area contributed by atoms with Crippen molar-refractivity contribution in [1.29, 1.82) is 0 Å². The molecule has 0 bridgehead atoms. The van der Waals surface area contributed by atoms with Crippen LogP contribution in [0.3, 0.4) is 0 Å². The average Bonchev–Trinajstić information content (AvgIpc) is 3.52. The minimum atomic E-state index is -0.578. The molecule has 1 aliphatic rings. The molecular formula is C34H36N4O5. The van der Waals surface area contributed by atoms with Gasteiger partial charge in [0, 0.05) is 16.8 Å². The SMILES string of the molecule is CCOC(=O)c1c(NC(=O)c2ccccc2)[nH]c(C=C2N=C(NC(=O)c3ccccc3)C(C(C)=O)=C2C(C)C)c1C(C)C. The van der Waals surface area contributed by atoms with Crippen LogP contribution in [0, 0.1) is 5.92 Å². The smallest absolute Gasteiger partial charge is 0.342 e. The predicted octanol–water partition coefficient (Wildman–Crippen LogP) is 6.29. The molecule has 0 fully saturated rings. The second kappa shape index (κ2) is 13.3. The van der Waals surface area contributed by atoms with E-state index in [1.165, 1.54) is 6.92 Å². The molecule has 0 radical (unpaired) electrons. The number of hydrogen-bond donors (Lipinski definition) is 3. The average molecular weight is 581 g/mol. The maximum atomic E-state index is 13.2. The number of ether oxygens (including phenoxy) is 1. The van der Waals surface area contributed by atoms with Crippen molar-refractivity contribution in [2.24, 2.45) is 10.9 Å². The number of aliphatic imine (C=N–C) groups is 1. The van der Waals surface area contributed by atoms with Crippen LogP contribution in [0.25, 0.3) is 6.08 Å². The van der Waals surface area contributed by atoms with E-state index in [0.29, 0.717) is 39.2 Å². The molecule has 4 rings (SSSR count). The number of amidine groups is 1. The van der Waals surface area contributed by atoms with E-state index in [1.807, 2.05) is 39.8 Å². The third kappa shape index (κ3) is 6.72. The van der Waals surface area contributed by atoms with E-state index in [0.717, 1.165) is 0 Å². The highest BCUT2D eigenvalue weighted by Crippen LogP contribution is 2.37. The van der Waals surface area contributed by atoms with Crippen LogP contribution in [0.5, 0.6) is 0 Å². The first-order valence-electron chi connectivity index (χ1n) is 14.2. The van der Waals surface area contributed by atoms with Gasteiger partial charge in [0.25, 0.3) is 11.8 Å². The summed E-state index contributed by atoms with van der Waals surface area (Å²) in [5.74, 6) is -1.52. The van der Waals surface area contributed by atoms with Crippen molar-refractivity contribution in [2.45, 2.75) is 47.5 Å². The molecule has 43 heavy (non-hydrogen) atoms. The molecule has 2 amide bonds. The van der Waals surface area contributed by atoms with Crippen molar-refractivity contribution in [3.8, 4) is 0 Å². The number of benzene rings is 2. The quantitative estimate of drug-likeness (QED) is 0.256. The molecule has 9 nitrogen and oxygen atoms in total. The first-order valence-corrected chi connectivity index (χ1v) is 14.2. The van der Waals surface area contributed by atoms with Crippen molar-refractivity contribution in [1.82, 2.24) is 10.3 Å². The van der Waals surface area contributed by atoms with Crippen molar-refractivity contribution in [2.75, 3.05) is 11.9 Å². The van der Waals surface area contributed by atoms with Gasteiger partial charge in [0.15, 0.2) is 5.78 Å². The number of carbonyl (C=O) groups excluding carboxylic acids is 4. The third-order valence-electron chi connectivity index (χ3n) is 6.89. The van der Waals surface area contributed by atoms with Gasteiger partial charge in [-0.15, -0.1) is 0 Å². The Morgan fingerprint density at radius 3 is 1.91 bits per heavy atom. The summed E-state index contributed by atoms with van der Waals surface area (Å²) in [7, 11) is 0. The Hall–Kier alpha value is -5.05. The number of aromatic nitrogens is 1. The lowest BCUT2D eigenvalue weighted by Crippen LogP contribution is -2.32. The summed E-state index contributed by atoms with van der Waals surface area (Å²) in [5.41, 5.74) is 3.67. The van der Waals surface area contributed by atoms with Gasteiger partial charge in [-0.3, -0.25) is 14.4 Å². The van der Waals surface area contributed by atoms with Crippen molar-refractivity contribution in [3.05, 3.63) is 105 Å². The summed E-state index contributed by atoms with van der Waals surface area (Å²) in [6, 6.07) is 17.4. The van der Waals surface area contributed by atoms with Gasteiger partial charge in [-0.1, -0.05) is 64.1 Å². The summed E-state index contributed by atoms with van der Waals surface area (Å²) in [5, 5.41) is 5.65. The minimum Gasteiger partial charge on any atom is -0.462 e. The number of anilines is 1. The molecule has 0 unspecified atom stereocenters. The second-order valence-electron chi connectivity index (χ2n) is 10.7. The molecule has 0 atom stereocenters. The molecule has 9 heteroatoms. The number of carbonyl (C=O) groups is 4. The molecule has 3 aromatic rings. The number of esters is 1. The van der Waals surface area contributed by atoms with Gasteiger partial charge in [-0.05, 0) is 67.2 Å². The maximum absolute atomic E-state index is 13.2. The number of aromatic amines is 1. The Morgan fingerprint density at radius 1 is 0.860 bits per heavy atom. The number of amides is 2. The van der Waals surface area contributed by atoms with E-state index in [2.05, 4.69) is 15.6 Å². The van der Waals surface area contributed by atoms with Gasteiger partial charge in [-0.2, -0.15) is 0 Å². The van der Waals surface area contributed by atoms with Crippen molar-refractivity contribution < 1.29 is 23.9 Å². The van der Waals surface area contributed by atoms with E-state index in [9.17, 15) is 19.2 Å². The number of nitrogens with one attached hydrogen (secondary N) is 3. The molecule has 1 aromatic heterocycles. The van der Waals surface area contributed by atoms with Gasteiger partial charge in [0.2, 0.25) is 0 Å². The van der Waals surface area contributed by atoms with Crippen LogP contribution >= 0.6 is 0 Å². The number of ketones is 1. The van der Waals surface area contributed by atoms with Gasteiger partial charge < -0.3 is 20.4 Å². The number of hydrogen-bond acceptors (Lipinski definition) is 6. The van der Waals surface area contributed by atoms with E-state index in [1.54, 1.807) is 61.5 Å². The van der Waals surface area contributed by atoms with Crippen molar-refractivity contribution in [3.63, 3.8) is 0 Å². The van der Waals surface area contributed by atoms with Crippen LogP contribution in [0.15, 0.2) is 82.5 Å². The number of allylic oxidation sites excluding steroid dienone is 1. The van der Waals surface area contributed by atoms with E-state index >= 15 is 0 Å². The standard InChI is InChI=1S/C34H36N4O5/c1-7-43-34(42)29-27(20(4)5)25(36-31(29)38-33(41)23-16-12-9-13-17-23)18-24-26(19(2)3)28(21(6)39)30(35-24)37-32(40)22-14-10-8-11-15-22/h8-20,36H,7H2,1-6H3,(H,38,41)(H,35,37,40). The largest absolute Gasteiger partial charge is 0.462 e. The Morgan fingerprint density at radius 2 is 1.42 bits per heavy atom. The Balaban J connectivity index is 1.86. The molecule has 2 heterocycles. The first-order chi connectivity index (χ1) is 20.5. The van der Waals surface area contributed by atoms with Gasteiger partial charge in [0.05, 0.1) is 17.9 Å². The Kier molecular flexibility index (Phi) is 9.55. The second-order valence-corrected chi connectivity index (χ2v) is 10.7. The summed E-state index contributed by atoms with van der Waals surface area (Å²) in [4.78, 5) is 60.2. The minimum absolute atomic E-state index is 0.126. The lowest BCUT2D eigenvalue weighted by atomic mass is 9.92. The topological polar surface area (TPSA) is 130 Å². The van der Waals surface area contributed by atoms with Crippen LogP contribution in [0.4, 0.5) is 5.82 Å². The lowest BCUT2D eigenvalue weighted by molar-refractivity contribution is -0.113. The fourth-order valence-electron chi connectivity index (χ4n) is 5.07. The maximum Gasteiger partial charge on any atom is 0.342 e. The van der Waals surface area contributed by atoms with E-state index < -0.39 is 11.9 Å². The molecule has 1 aliphatic heterocycles. The number of rotatable bonds is 9. The van der Waals surface area contributed by atoms with Crippen LogP contribution in [-0.2, 0) is 9.53 Å². The highest BCUT2D eigenvalue weighted by Gasteiger charge is 2.32. The molecule has 222 valence electrons. The van der Waals surface area contributed by atoms with E-state index in [-0.39, 0.29) is 47.4 Å². The predicted molar refractivity (Wildman–Crippen MR) is 167 cm³/mol. The Bertz CT molecular complexity index is 1640. The molecule has 0 aliphatic carbocycles. The lowest BCUT2D eigenvalue weighted by Gasteiger charge is -2.12. The molecule has 2 aromatic carbocycles. The van der Waals surface area contributed by atoms with Gasteiger partial charge in [-0.25, -0.2) is 9.79 Å². The first kappa shape index (κ1) is 30.9. The Labute approximate surface area is 251 Å². The van der Waals surface area contributed by atoms with Crippen LogP contribution in [0.1, 0.15) is 89.8 Å². The van der Waals surface area contributed by atoms with Crippen molar-refractivity contribution >= 4 is 41.3 Å². The summed E-state index contributed by atoms with van der Waals surface area (Å²) in [6.07, 6.45) is 1.75. The highest BCUT2D eigenvalue weighted by molar-refractivity contribution is 6.28. The monoisotopic (exact) mass is 580 g/mol.